The Morgan fingerprint density at radius 3 is 2.45 bits per heavy atom. The molecule has 1 aromatic heterocycles. The van der Waals surface area contributed by atoms with Crippen LogP contribution >= 0.6 is 24.8 Å². The van der Waals surface area contributed by atoms with Crippen LogP contribution in [-0.4, -0.2) is 28.0 Å². The summed E-state index contributed by atoms with van der Waals surface area (Å²) in [6.45, 7) is 4.00. The standard InChI is InChI=1S/C9H8N2O5S.C2H6.H2S/c12-7-1-2-8(13)11(7)16-9(14)15-4-6-3-10-5-17-6;1-2;/h3,5H,1-2,4H2;1-2H3;1H2. The maximum absolute atomic E-state index is 11.2. The second-order valence-corrected chi connectivity index (χ2v) is 4.15. The maximum atomic E-state index is 11.2. The van der Waals surface area contributed by atoms with Gasteiger partial charge in [-0.05, 0) is 0 Å². The summed E-state index contributed by atoms with van der Waals surface area (Å²) >= 11 is 1.32. The summed E-state index contributed by atoms with van der Waals surface area (Å²) in [6, 6.07) is 0. The average molecular weight is 320 g/mol. The van der Waals surface area contributed by atoms with E-state index in [2.05, 4.69) is 9.82 Å². The first-order valence-corrected chi connectivity index (χ1v) is 6.62. The number of aromatic nitrogens is 1. The number of hydrogen-bond donors (Lipinski definition) is 0. The van der Waals surface area contributed by atoms with Gasteiger partial charge in [-0.1, -0.05) is 18.9 Å². The minimum atomic E-state index is -1.08. The van der Waals surface area contributed by atoms with Gasteiger partial charge in [-0.3, -0.25) is 19.4 Å². The number of imide groups is 1. The predicted octanol–water partition coefficient (Wildman–Crippen LogP) is 2.00. The fourth-order valence-electron chi connectivity index (χ4n) is 1.20. The number of rotatable bonds is 3. The van der Waals surface area contributed by atoms with Crippen LogP contribution in [0.25, 0.3) is 0 Å². The average Bonchev–Trinajstić information content (AvgIpc) is 3.04. The Labute approximate surface area is 127 Å². The summed E-state index contributed by atoms with van der Waals surface area (Å²) in [5, 5.41) is 0.439. The minimum Gasteiger partial charge on any atom is -0.427 e. The Morgan fingerprint density at radius 1 is 1.35 bits per heavy atom. The van der Waals surface area contributed by atoms with Crippen molar-refractivity contribution in [2.45, 2.75) is 33.3 Å². The molecule has 9 heteroatoms. The molecule has 0 N–H and O–H groups in total. The summed E-state index contributed by atoms with van der Waals surface area (Å²) in [6.07, 6.45) is 0.577. The van der Waals surface area contributed by atoms with Crippen molar-refractivity contribution in [3.8, 4) is 0 Å². The van der Waals surface area contributed by atoms with Crippen molar-refractivity contribution < 1.29 is 24.0 Å². The van der Waals surface area contributed by atoms with Crippen LogP contribution in [0.1, 0.15) is 31.6 Å². The summed E-state index contributed by atoms with van der Waals surface area (Å²) < 4.78 is 4.71. The number of hydrogen-bond acceptors (Lipinski definition) is 7. The third-order valence-corrected chi connectivity index (χ3v) is 2.74. The SMILES string of the molecule is CC.O=C(OCc1cncs1)ON1C(=O)CCC1=O.S. The second-order valence-electron chi connectivity index (χ2n) is 3.18. The van der Waals surface area contributed by atoms with Crippen LogP contribution in [0.4, 0.5) is 4.79 Å². The summed E-state index contributed by atoms with van der Waals surface area (Å²) in [7, 11) is 0. The van der Waals surface area contributed by atoms with E-state index >= 15 is 0 Å². The van der Waals surface area contributed by atoms with E-state index in [1.165, 1.54) is 11.3 Å². The monoisotopic (exact) mass is 320 g/mol. The lowest BCUT2D eigenvalue weighted by molar-refractivity contribution is -0.177. The molecule has 2 amide bonds. The number of nitrogens with zero attached hydrogens (tertiary/aromatic N) is 2. The van der Waals surface area contributed by atoms with Crippen LogP contribution in [0.3, 0.4) is 0 Å². The Hall–Kier alpha value is -1.61. The smallest absolute Gasteiger partial charge is 0.427 e. The molecule has 1 aromatic rings. The summed E-state index contributed by atoms with van der Waals surface area (Å²) in [4.78, 5) is 42.4. The number of carbonyl (C=O) groups is 3. The van der Waals surface area contributed by atoms with Crippen molar-refractivity contribution in [2.24, 2.45) is 0 Å². The van der Waals surface area contributed by atoms with Gasteiger partial charge in [0.15, 0.2) is 0 Å². The summed E-state index contributed by atoms with van der Waals surface area (Å²) in [5.41, 5.74) is 1.59. The quantitative estimate of drug-likeness (QED) is 0.625. The van der Waals surface area contributed by atoms with Crippen molar-refractivity contribution in [3.05, 3.63) is 16.6 Å². The maximum Gasteiger partial charge on any atom is 0.534 e. The van der Waals surface area contributed by atoms with Crippen molar-refractivity contribution in [2.75, 3.05) is 0 Å². The predicted molar refractivity (Wildman–Crippen MR) is 76.2 cm³/mol. The Morgan fingerprint density at radius 2 is 1.95 bits per heavy atom. The van der Waals surface area contributed by atoms with E-state index in [-0.39, 0.29) is 32.9 Å². The third-order valence-electron chi connectivity index (χ3n) is 1.99. The largest absolute Gasteiger partial charge is 0.534 e. The second kappa shape index (κ2) is 9.32. The highest BCUT2D eigenvalue weighted by Gasteiger charge is 2.33. The van der Waals surface area contributed by atoms with Crippen molar-refractivity contribution in [1.82, 2.24) is 10.0 Å². The molecule has 0 aromatic carbocycles. The molecule has 7 nitrogen and oxygen atoms in total. The van der Waals surface area contributed by atoms with Gasteiger partial charge in [-0.25, -0.2) is 4.79 Å². The van der Waals surface area contributed by atoms with Gasteiger partial charge >= 0.3 is 6.16 Å². The van der Waals surface area contributed by atoms with E-state index in [1.807, 2.05) is 13.8 Å². The molecule has 0 radical (unpaired) electrons. The van der Waals surface area contributed by atoms with E-state index in [4.69, 9.17) is 4.74 Å². The first-order chi connectivity index (χ1) is 9.16. The molecule has 0 aliphatic carbocycles. The highest BCUT2D eigenvalue weighted by Crippen LogP contribution is 2.13. The molecule has 1 aliphatic heterocycles. The molecule has 0 spiro atoms. The highest BCUT2D eigenvalue weighted by molar-refractivity contribution is 7.59. The molecule has 2 heterocycles. The van der Waals surface area contributed by atoms with Gasteiger partial charge in [-0.2, -0.15) is 13.5 Å². The number of thiazole rings is 1. The summed E-state index contributed by atoms with van der Waals surface area (Å²) in [5.74, 6) is -1.07. The number of ether oxygens (including phenoxy) is 1. The zero-order chi connectivity index (χ0) is 14.3. The molecule has 0 atom stereocenters. The topological polar surface area (TPSA) is 85.8 Å². The lowest BCUT2D eigenvalue weighted by atomic mass is 10.4. The van der Waals surface area contributed by atoms with Gasteiger partial charge in [0.25, 0.3) is 11.8 Å². The molecule has 112 valence electrons. The minimum absolute atomic E-state index is 0. The van der Waals surface area contributed by atoms with Crippen LogP contribution in [0, 0.1) is 0 Å². The highest BCUT2D eigenvalue weighted by atomic mass is 32.1. The molecule has 1 fully saturated rings. The molecule has 1 saturated heterocycles. The van der Waals surface area contributed by atoms with E-state index < -0.39 is 18.0 Å². The van der Waals surface area contributed by atoms with Gasteiger partial charge in [-0.15, -0.1) is 11.3 Å². The molecular weight excluding hydrogens is 304 g/mol. The van der Waals surface area contributed by atoms with Crippen molar-refractivity contribution in [1.29, 1.82) is 0 Å². The zero-order valence-electron chi connectivity index (χ0n) is 11.1. The van der Waals surface area contributed by atoms with Crippen LogP contribution in [0.5, 0.6) is 0 Å². The first-order valence-electron chi connectivity index (χ1n) is 5.74. The van der Waals surface area contributed by atoms with Crippen LogP contribution in [-0.2, 0) is 25.8 Å². The number of hydroxylamine groups is 2. The Bertz CT molecular complexity index is 434. The Balaban J connectivity index is 0.00000115. The van der Waals surface area contributed by atoms with Gasteiger partial charge < -0.3 is 4.74 Å². The van der Waals surface area contributed by atoms with E-state index in [0.29, 0.717) is 5.06 Å². The zero-order valence-corrected chi connectivity index (χ0v) is 12.9. The number of carbonyl (C=O) groups excluding carboxylic acids is 3. The molecule has 2 rings (SSSR count). The molecule has 20 heavy (non-hydrogen) atoms. The normalized spacial score (nSPS) is 13.2. The number of amides is 2. The molecule has 0 unspecified atom stereocenters. The fraction of sp³-hybridized carbons (Fsp3) is 0.455. The Kier molecular flexibility index (Phi) is 8.57. The van der Waals surface area contributed by atoms with E-state index in [9.17, 15) is 14.4 Å². The van der Waals surface area contributed by atoms with Gasteiger partial charge in [0, 0.05) is 19.0 Å². The molecule has 0 saturated carbocycles. The lowest BCUT2D eigenvalue weighted by Crippen LogP contribution is -2.32. The van der Waals surface area contributed by atoms with Crippen LogP contribution < -0.4 is 0 Å². The molecule has 0 bridgehead atoms. The van der Waals surface area contributed by atoms with Crippen molar-refractivity contribution in [3.63, 3.8) is 0 Å². The lowest BCUT2D eigenvalue weighted by Gasteiger charge is -2.11. The van der Waals surface area contributed by atoms with E-state index in [0.717, 1.165) is 4.88 Å². The van der Waals surface area contributed by atoms with Gasteiger partial charge in [0.1, 0.15) is 6.61 Å². The van der Waals surface area contributed by atoms with Crippen LogP contribution in [0.2, 0.25) is 0 Å². The van der Waals surface area contributed by atoms with Crippen LogP contribution in [0.15, 0.2) is 11.7 Å². The first kappa shape index (κ1) is 18.4. The van der Waals surface area contributed by atoms with E-state index in [1.54, 1.807) is 11.7 Å². The van der Waals surface area contributed by atoms with Crippen molar-refractivity contribution >= 4 is 42.8 Å². The fourth-order valence-corrected chi connectivity index (χ4v) is 1.71. The van der Waals surface area contributed by atoms with Gasteiger partial charge in [0.2, 0.25) is 0 Å². The molecule has 1 aliphatic rings. The third kappa shape index (κ3) is 5.17. The molecular formula is C11H16N2O5S2. The van der Waals surface area contributed by atoms with Gasteiger partial charge in [0.05, 0.1) is 10.4 Å².